The summed E-state index contributed by atoms with van der Waals surface area (Å²) in [6.45, 7) is 0.261. The van der Waals surface area contributed by atoms with Crippen molar-refractivity contribution in [3.05, 3.63) is 92.6 Å². The van der Waals surface area contributed by atoms with Gasteiger partial charge >= 0.3 is 0 Å². The van der Waals surface area contributed by atoms with Gasteiger partial charge in [-0.05, 0) is 23.8 Å². The third kappa shape index (κ3) is 3.09. The lowest BCUT2D eigenvalue weighted by atomic mass is 10.1. The van der Waals surface area contributed by atoms with Crippen LogP contribution in [0.5, 0.6) is 5.75 Å². The first-order valence-corrected chi connectivity index (χ1v) is 8.40. The van der Waals surface area contributed by atoms with Gasteiger partial charge in [0, 0.05) is 29.8 Å². The summed E-state index contributed by atoms with van der Waals surface area (Å²) in [4.78, 5) is 33.2. The summed E-state index contributed by atoms with van der Waals surface area (Å²) >= 11 is 5.98. The van der Waals surface area contributed by atoms with Crippen LogP contribution in [0.25, 0.3) is 16.8 Å². The molecule has 8 heteroatoms. The van der Waals surface area contributed by atoms with Crippen LogP contribution in [0.15, 0.2) is 71.0 Å². The van der Waals surface area contributed by atoms with E-state index in [0.29, 0.717) is 10.7 Å². The van der Waals surface area contributed by atoms with E-state index >= 15 is 0 Å². The molecule has 0 saturated carbocycles. The lowest BCUT2D eigenvalue weighted by Gasteiger charge is -2.11. The fourth-order valence-electron chi connectivity index (χ4n) is 2.89. The predicted octanol–water partition coefficient (Wildman–Crippen LogP) is 2.33. The second-order valence-electron chi connectivity index (χ2n) is 5.93. The summed E-state index contributed by atoms with van der Waals surface area (Å²) in [6, 6.07) is 8.69. The number of benzene rings is 1. The highest BCUT2D eigenvalue weighted by atomic mass is 35.5. The van der Waals surface area contributed by atoms with Gasteiger partial charge in [-0.15, -0.1) is 0 Å². The zero-order valence-corrected chi connectivity index (χ0v) is 14.7. The fraction of sp³-hybridized carbons (Fsp3) is 0.0526. The zero-order chi connectivity index (χ0) is 19.0. The predicted molar refractivity (Wildman–Crippen MR) is 101 cm³/mol. The Bertz CT molecular complexity index is 1270. The van der Waals surface area contributed by atoms with Crippen molar-refractivity contribution >= 4 is 17.1 Å². The molecule has 0 radical (unpaired) electrons. The Balaban J connectivity index is 1.88. The number of fused-ring (bicyclic) bond motifs is 1. The van der Waals surface area contributed by atoms with Crippen molar-refractivity contribution in [2.75, 3.05) is 0 Å². The molecule has 0 aliphatic heterocycles. The molecule has 7 nitrogen and oxygen atoms in total. The maximum atomic E-state index is 12.8. The Labute approximate surface area is 157 Å². The van der Waals surface area contributed by atoms with Crippen molar-refractivity contribution in [1.82, 2.24) is 18.9 Å². The molecule has 0 saturated heterocycles. The molecule has 0 unspecified atom stereocenters. The molecule has 0 atom stereocenters. The molecule has 0 spiro atoms. The molecule has 1 N–H and O–H groups in total. The maximum absolute atomic E-state index is 12.8. The lowest BCUT2D eigenvalue weighted by Crippen LogP contribution is -2.24. The van der Waals surface area contributed by atoms with Crippen LogP contribution in [0.4, 0.5) is 0 Å². The average molecular weight is 381 g/mol. The van der Waals surface area contributed by atoms with E-state index in [2.05, 4.69) is 9.97 Å². The minimum absolute atomic E-state index is 0.0951. The first-order chi connectivity index (χ1) is 13.0. The number of hydrogen-bond donors (Lipinski definition) is 1. The van der Waals surface area contributed by atoms with Crippen LogP contribution < -0.4 is 11.0 Å². The summed E-state index contributed by atoms with van der Waals surface area (Å²) in [5.41, 5.74) is 0.130. The van der Waals surface area contributed by atoms with E-state index in [-0.39, 0.29) is 17.6 Å². The van der Waals surface area contributed by atoms with Gasteiger partial charge < -0.3 is 14.1 Å². The normalized spacial score (nSPS) is 11.0. The van der Waals surface area contributed by atoms with Gasteiger partial charge in [-0.1, -0.05) is 23.7 Å². The van der Waals surface area contributed by atoms with Crippen LogP contribution >= 0.6 is 11.6 Å². The summed E-state index contributed by atoms with van der Waals surface area (Å²) in [7, 11) is 0. The quantitative estimate of drug-likeness (QED) is 0.589. The number of rotatable bonds is 3. The van der Waals surface area contributed by atoms with E-state index in [9.17, 15) is 14.7 Å². The van der Waals surface area contributed by atoms with E-state index < -0.39 is 16.7 Å². The second-order valence-corrected chi connectivity index (χ2v) is 6.37. The highest BCUT2D eigenvalue weighted by molar-refractivity contribution is 6.30. The number of aromatic hydroxyl groups is 1. The Morgan fingerprint density at radius 3 is 2.74 bits per heavy atom. The summed E-state index contributed by atoms with van der Waals surface area (Å²) < 4.78 is 2.83. The summed E-state index contributed by atoms with van der Waals surface area (Å²) in [5, 5.41) is 11.0. The van der Waals surface area contributed by atoms with E-state index in [1.165, 1.54) is 27.7 Å². The molecule has 0 fully saturated rings. The van der Waals surface area contributed by atoms with Gasteiger partial charge in [-0.25, -0.2) is 9.97 Å². The monoisotopic (exact) mass is 380 g/mol. The van der Waals surface area contributed by atoms with Crippen molar-refractivity contribution in [3.63, 3.8) is 0 Å². The van der Waals surface area contributed by atoms with Gasteiger partial charge in [-0.3, -0.25) is 9.59 Å². The number of pyridine rings is 1. The summed E-state index contributed by atoms with van der Waals surface area (Å²) in [6.07, 6.45) is 7.47. The standard InChI is InChI=1S/C19H13ClN4O3/c20-13-3-1-2-12(8-13)9-24-7-6-23-10-14(15-4-5-21-11-22-15)17(25)18(26)16(23)19(24)27/h1-8,10-11,26H,9H2. The van der Waals surface area contributed by atoms with Crippen molar-refractivity contribution in [2.24, 2.45) is 0 Å². The molecule has 4 aromatic rings. The fourth-order valence-corrected chi connectivity index (χ4v) is 3.11. The number of hydrogen-bond acceptors (Lipinski definition) is 5. The average Bonchev–Trinajstić information content (AvgIpc) is 2.67. The van der Waals surface area contributed by atoms with Gasteiger partial charge in [0.05, 0.1) is 17.8 Å². The van der Waals surface area contributed by atoms with E-state index in [0.717, 1.165) is 5.56 Å². The highest BCUT2D eigenvalue weighted by Crippen LogP contribution is 2.18. The first-order valence-electron chi connectivity index (χ1n) is 8.03. The molecule has 0 amide bonds. The second kappa shape index (κ2) is 6.69. The van der Waals surface area contributed by atoms with Gasteiger partial charge in [-0.2, -0.15) is 0 Å². The van der Waals surface area contributed by atoms with E-state index in [1.54, 1.807) is 36.7 Å². The van der Waals surface area contributed by atoms with Crippen LogP contribution in [-0.2, 0) is 6.54 Å². The molecule has 4 rings (SSSR count). The molecule has 134 valence electrons. The zero-order valence-electron chi connectivity index (χ0n) is 13.9. The minimum Gasteiger partial charge on any atom is -0.503 e. The largest absolute Gasteiger partial charge is 0.503 e. The Morgan fingerprint density at radius 1 is 1.15 bits per heavy atom. The number of halogens is 1. The lowest BCUT2D eigenvalue weighted by molar-refractivity contribution is 0.472. The number of aromatic nitrogens is 4. The topological polar surface area (TPSA) is 89.5 Å². The highest BCUT2D eigenvalue weighted by Gasteiger charge is 2.16. The van der Waals surface area contributed by atoms with Crippen LogP contribution in [0, 0.1) is 0 Å². The van der Waals surface area contributed by atoms with Crippen molar-refractivity contribution in [3.8, 4) is 17.0 Å². The molecule has 3 heterocycles. The van der Waals surface area contributed by atoms with Crippen LogP contribution in [0.3, 0.4) is 0 Å². The van der Waals surface area contributed by atoms with E-state index in [1.807, 2.05) is 6.07 Å². The molecule has 0 aliphatic rings. The molecule has 3 aromatic heterocycles. The van der Waals surface area contributed by atoms with Gasteiger partial charge in [0.2, 0.25) is 5.43 Å². The number of nitrogens with zero attached hydrogens (tertiary/aromatic N) is 4. The smallest absolute Gasteiger partial charge is 0.279 e. The maximum Gasteiger partial charge on any atom is 0.279 e. The third-order valence-corrected chi connectivity index (χ3v) is 4.42. The van der Waals surface area contributed by atoms with Crippen molar-refractivity contribution < 1.29 is 5.11 Å². The Morgan fingerprint density at radius 2 is 2.00 bits per heavy atom. The summed E-state index contributed by atoms with van der Waals surface area (Å²) in [5.74, 6) is -0.614. The van der Waals surface area contributed by atoms with Gasteiger partial charge in [0.25, 0.3) is 5.56 Å². The first kappa shape index (κ1) is 17.0. The SMILES string of the molecule is O=c1c(-c2ccncn2)cn2ccn(Cc3cccc(Cl)c3)c(=O)c2c1O. The van der Waals surface area contributed by atoms with Crippen LogP contribution in [0.2, 0.25) is 5.02 Å². The van der Waals surface area contributed by atoms with Crippen molar-refractivity contribution in [2.45, 2.75) is 6.54 Å². The Kier molecular flexibility index (Phi) is 4.21. The van der Waals surface area contributed by atoms with Crippen LogP contribution in [-0.4, -0.2) is 24.0 Å². The molecule has 1 aromatic carbocycles. The van der Waals surface area contributed by atoms with Crippen molar-refractivity contribution in [1.29, 1.82) is 0 Å². The van der Waals surface area contributed by atoms with Crippen LogP contribution in [0.1, 0.15) is 5.56 Å². The molecule has 27 heavy (non-hydrogen) atoms. The molecular weight excluding hydrogens is 368 g/mol. The van der Waals surface area contributed by atoms with Gasteiger partial charge in [0.1, 0.15) is 6.33 Å². The third-order valence-electron chi connectivity index (χ3n) is 4.18. The molecular formula is C19H13ClN4O3. The Hall–Kier alpha value is -3.45. The minimum atomic E-state index is -0.661. The molecule has 0 bridgehead atoms. The van der Waals surface area contributed by atoms with Gasteiger partial charge in [0.15, 0.2) is 11.3 Å². The molecule has 0 aliphatic carbocycles. The van der Waals surface area contributed by atoms with E-state index in [4.69, 9.17) is 11.6 Å².